The molecule has 0 spiro atoms. The Morgan fingerprint density at radius 1 is 1.12 bits per heavy atom. The van der Waals surface area contributed by atoms with Gasteiger partial charge in [-0.2, -0.15) is 15.1 Å². The number of nitrogen functional groups attached to an aromatic ring is 1. The van der Waals surface area contributed by atoms with Crippen molar-refractivity contribution < 1.29 is 42.8 Å². The molecule has 6 atom stereocenters. The van der Waals surface area contributed by atoms with E-state index in [0.29, 0.717) is 12.0 Å². The Morgan fingerprint density at radius 2 is 1.86 bits per heavy atom. The SMILES string of the molecule is CCOc1nc(N)nc2c1ncn2C1OC(COP(=O)(NC(C)C(=O)OCc2ccccc2)Oc2cccc3ccccc23)C(O)C1(C)O. The van der Waals surface area contributed by atoms with Crippen LogP contribution in [0.25, 0.3) is 21.9 Å². The number of aromatic nitrogens is 4. The quantitative estimate of drug-likeness (QED) is 0.102. The van der Waals surface area contributed by atoms with Gasteiger partial charge in [0.2, 0.25) is 11.8 Å². The lowest BCUT2D eigenvalue weighted by atomic mass is 9.96. The van der Waals surface area contributed by atoms with Gasteiger partial charge in [-0.25, -0.2) is 9.55 Å². The molecule has 1 aliphatic rings. The minimum Gasteiger partial charge on any atom is -0.476 e. The van der Waals surface area contributed by atoms with E-state index in [1.807, 2.05) is 48.5 Å². The molecule has 49 heavy (non-hydrogen) atoms. The molecule has 6 rings (SSSR count). The van der Waals surface area contributed by atoms with Crippen LogP contribution in [0.5, 0.6) is 11.6 Å². The predicted octanol–water partition coefficient (Wildman–Crippen LogP) is 3.89. The van der Waals surface area contributed by atoms with Crippen molar-refractivity contribution in [1.29, 1.82) is 0 Å². The molecule has 0 bridgehead atoms. The number of fused-ring (bicyclic) bond motifs is 2. The van der Waals surface area contributed by atoms with Crippen molar-refractivity contribution in [1.82, 2.24) is 24.6 Å². The fraction of sp³-hybridized carbons (Fsp3) is 0.333. The minimum absolute atomic E-state index is 0.00513. The van der Waals surface area contributed by atoms with Crippen molar-refractivity contribution in [2.45, 2.75) is 57.5 Å². The van der Waals surface area contributed by atoms with Gasteiger partial charge < -0.3 is 34.7 Å². The lowest BCUT2D eigenvalue weighted by Gasteiger charge is -2.27. The zero-order chi connectivity index (χ0) is 34.8. The Kier molecular flexibility index (Phi) is 9.84. The van der Waals surface area contributed by atoms with E-state index in [1.54, 1.807) is 31.2 Å². The summed E-state index contributed by atoms with van der Waals surface area (Å²) in [6.07, 6.45) is -2.65. The predicted molar refractivity (Wildman–Crippen MR) is 178 cm³/mol. The zero-order valence-electron chi connectivity index (χ0n) is 27.0. The number of anilines is 1. The number of nitrogens with zero attached hydrogens (tertiary/aromatic N) is 4. The van der Waals surface area contributed by atoms with Crippen molar-refractivity contribution in [3.63, 3.8) is 0 Å². The van der Waals surface area contributed by atoms with Crippen LogP contribution in [0.1, 0.15) is 32.6 Å². The number of esters is 1. The van der Waals surface area contributed by atoms with E-state index >= 15 is 0 Å². The Bertz CT molecular complexity index is 1990. The van der Waals surface area contributed by atoms with Gasteiger partial charge in [0.1, 0.15) is 36.2 Å². The Labute approximate surface area is 281 Å². The van der Waals surface area contributed by atoms with Crippen molar-refractivity contribution in [2.24, 2.45) is 0 Å². The van der Waals surface area contributed by atoms with Crippen molar-refractivity contribution in [3.05, 3.63) is 84.7 Å². The monoisotopic (exact) mass is 692 g/mol. The molecule has 0 aliphatic carbocycles. The Morgan fingerprint density at radius 3 is 2.63 bits per heavy atom. The molecule has 0 saturated carbocycles. The van der Waals surface area contributed by atoms with E-state index in [1.165, 1.54) is 24.7 Å². The summed E-state index contributed by atoms with van der Waals surface area (Å²) in [6, 6.07) is 20.5. The highest BCUT2D eigenvalue weighted by atomic mass is 31.2. The number of carbonyl (C=O) groups is 1. The molecule has 16 heteroatoms. The van der Waals surface area contributed by atoms with Gasteiger partial charge in [-0.3, -0.25) is 13.9 Å². The van der Waals surface area contributed by atoms with Gasteiger partial charge in [0.25, 0.3) is 0 Å². The number of aliphatic hydroxyl groups excluding tert-OH is 1. The number of nitrogens with two attached hydrogens (primary N) is 1. The van der Waals surface area contributed by atoms with Crippen LogP contribution in [0.3, 0.4) is 0 Å². The molecule has 6 unspecified atom stereocenters. The normalized spacial score (nSPS) is 22.5. The second-order valence-corrected chi connectivity index (χ2v) is 13.3. The number of benzene rings is 3. The van der Waals surface area contributed by atoms with Crippen molar-refractivity contribution >= 4 is 41.6 Å². The second kappa shape index (κ2) is 14.1. The molecule has 3 heterocycles. The molecule has 0 amide bonds. The van der Waals surface area contributed by atoms with Crippen LogP contribution in [0, 0.1) is 0 Å². The van der Waals surface area contributed by atoms with Gasteiger partial charge >= 0.3 is 13.7 Å². The molecule has 1 fully saturated rings. The second-order valence-electron chi connectivity index (χ2n) is 11.6. The summed E-state index contributed by atoms with van der Waals surface area (Å²) in [6.45, 7) is 4.39. The number of aliphatic hydroxyl groups is 2. The summed E-state index contributed by atoms with van der Waals surface area (Å²) < 4.78 is 44.8. The number of ether oxygens (including phenoxy) is 3. The molecule has 2 aromatic heterocycles. The molecule has 15 nitrogen and oxygen atoms in total. The molecule has 5 aromatic rings. The lowest BCUT2D eigenvalue weighted by Crippen LogP contribution is -2.44. The number of nitrogens with one attached hydrogen (secondary N) is 1. The molecule has 1 aliphatic heterocycles. The third-order valence-electron chi connectivity index (χ3n) is 8.00. The van der Waals surface area contributed by atoms with Crippen LogP contribution in [0.2, 0.25) is 0 Å². The van der Waals surface area contributed by atoms with E-state index in [9.17, 15) is 19.6 Å². The molecule has 5 N–H and O–H groups in total. The molecule has 1 saturated heterocycles. The highest BCUT2D eigenvalue weighted by Crippen LogP contribution is 2.48. The van der Waals surface area contributed by atoms with Gasteiger partial charge in [-0.15, -0.1) is 0 Å². The fourth-order valence-electron chi connectivity index (χ4n) is 5.50. The third-order valence-corrected chi connectivity index (χ3v) is 9.63. The number of hydrogen-bond donors (Lipinski definition) is 4. The number of imidazole rings is 1. The summed E-state index contributed by atoms with van der Waals surface area (Å²) in [4.78, 5) is 25.6. The summed E-state index contributed by atoms with van der Waals surface area (Å²) >= 11 is 0. The minimum atomic E-state index is -4.41. The summed E-state index contributed by atoms with van der Waals surface area (Å²) in [7, 11) is -4.41. The van der Waals surface area contributed by atoms with Crippen LogP contribution in [-0.2, 0) is 30.0 Å². The van der Waals surface area contributed by atoms with Crippen LogP contribution in [0.15, 0.2) is 79.1 Å². The maximum Gasteiger partial charge on any atom is 0.459 e. The first-order chi connectivity index (χ1) is 23.5. The van der Waals surface area contributed by atoms with E-state index in [0.717, 1.165) is 10.9 Å². The first-order valence-electron chi connectivity index (χ1n) is 15.6. The third kappa shape index (κ3) is 7.22. The van der Waals surface area contributed by atoms with Crippen molar-refractivity contribution in [3.8, 4) is 11.6 Å². The van der Waals surface area contributed by atoms with E-state index in [4.69, 9.17) is 29.0 Å². The average Bonchev–Trinajstić information content (AvgIpc) is 3.60. The fourth-order valence-corrected chi connectivity index (χ4v) is 7.02. The summed E-state index contributed by atoms with van der Waals surface area (Å²) in [5, 5.41) is 26.8. The summed E-state index contributed by atoms with van der Waals surface area (Å²) in [5.41, 5.74) is 5.25. The molecule has 0 radical (unpaired) electrons. The van der Waals surface area contributed by atoms with Crippen molar-refractivity contribution in [2.75, 3.05) is 18.9 Å². The maximum atomic E-state index is 14.4. The first kappa shape index (κ1) is 34.2. The molecule has 3 aromatic carbocycles. The Hall–Kier alpha value is -4.63. The largest absolute Gasteiger partial charge is 0.476 e. The standard InChI is InChI=1S/C33H37N6O9P/c1-4-44-29-26-28(36-32(34)37-29)39(19-35-26)31-33(3,42)27(40)25(47-31)18-46-49(43,48-24-16-10-14-22-13-8-9-15-23(22)24)38-20(2)30(41)45-17-21-11-6-5-7-12-21/h5-16,19-20,25,27,31,40,42H,4,17-18H2,1-3H3,(H,38,43)(H2,34,36,37). The molecular formula is C33H37N6O9P. The topological polar surface area (TPSA) is 202 Å². The molecular weight excluding hydrogens is 655 g/mol. The van der Waals surface area contributed by atoms with Crippen LogP contribution in [0.4, 0.5) is 5.95 Å². The number of rotatable bonds is 13. The lowest BCUT2D eigenvalue weighted by molar-refractivity contribution is -0.146. The van der Waals surface area contributed by atoms with E-state index in [-0.39, 0.29) is 35.3 Å². The highest BCUT2D eigenvalue weighted by molar-refractivity contribution is 7.52. The zero-order valence-corrected chi connectivity index (χ0v) is 27.9. The van der Waals surface area contributed by atoms with E-state index < -0.39 is 50.4 Å². The Balaban J connectivity index is 1.24. The number of carbonyl (C=O) groups excluding carboxylic acids is 1. The number of hydrogen-bond acceptors (Lipinski definition) is 13. The van der Waals surface area contributed by atoms with Gasteiger partial charge in [0.05, 0.1) is 19.5 Å². The highest BCUT2D eigenvalue weighted by Gasteiger charge is 2.54. The van der Waals surface area contributed by atoms with Crippen LogP contribution >= 0.6 is 7.75 Å². The van der Waals surface area contributed by atoms with Gasteiger partial charge in [0, 0.05) is 5.39 Å². The first-order valence-corrected chi connectivity index (χ1v) is 17.1. The maximum absolute atomic E-state index is 14.4. The van der Waals surface area contributed by atoms with Crippen LogP contribution < -0.4 is 20.1 Å². The molecule has 258 valence electrons. The van der Waals surface area contributed by atoms with Crippen LogP contribution in [-0.4, -0.2) is 72.8 Å². The summed E-state index contributed by atoms with van der Waals surface area (Å²) in [5.74, 6) is -0.418. The van der Waals surface area contributed by atoms with Gasteiger partial charge in [-0.05, 0) is 37.8 Å². The smallest absolute Gasteiger partial charge is 0.459 e. The average molecular weight is 693 g/mol. The van der Waals surface area contributed by atoms with E-state index in [2.05, 4.69) is 20.0 Å². The van der Waals surface area contributed by atoms with Gasteiger partial charge in [0.15, 0.2) is 17.4 Å². The van der Waals surface area contributed by atoms with Gasteiger partial charge in [-0.1, -0.05) is 66.7 Å².